The third-order valence-corrected chi connectivity index (χ3v) is 7.82. The zero-order valence-electron chi connectivity index (χ0n) is 17.3. The molecule has 0 N–H and O–H groups in total. The summed E-state index contributed by atoms with van der Waals surface area (Å²) >= 11 is 0. The van der Waals surface area contributed by atoms with Crippen molar-refractivity contribution in [3.05, 3.63) is 78.6 Å². The quantitative estimate of drug-likeness (QED) is 0.613. The molecule has 1 saturated heterocycles. The highest BCUT2D eigenvalue weighted by molar-refractivity contribution is 7.93. The second-order valence-corrected chi connectivity index (χ2v) is 9.70. The molecule has 0 saturated carbocycles. The van der Waals surface area contributed by atoms with E-state index in [1.54, 1.807) is 23.1 Å². The van der Waals surface area contributed by atoms with Crippen LogP contribution >= 0.6 is 0 Å². The lowest BCUT2D eigenvalue weighted by Crippen LogP contribution is -2.52. The van der Waals surface area contributed by atoms with Crippen LogP contribution in [0, 0.1) is 5.82 Å². The van der Waals surface area contributed by atoms with Gasteiger partial charge in [-0.15, -0.1) is 0 Å². The molecule has 0 spiro atoms. The number of anilines is 2. The minimum absolute atomic E-state index is 0.0831. The van der Waals surface area contributed by atoms with E-state index in [4.69, 9.17) is 0 Å². The Morgan fingerprint density at radius 3 is 2.28 bits per heavy atom. The maximum atomic E-state index is 14.0. The normalized spacial score (nSPS) is 17.0. The number of benzene rings is 3. The highest BCUT2D eigenvalue weighted by atomic mass is 32.2. The lowest BCUT2D eigenvalue weighted by atomic mass is 10.0. The summed E-state index contributed by atoms with van der Waals surface area (Å²) in [6, 6.07) is 20.5. The minimum Gasteiger partial charge on any atom is -0.368 e. The van der Waals surface area contributed by atoms with Crippen molar-refractivity contribution in [2.45, 2.75) is 4.90 Å². The molecule has 1 amide bonds. The number of para-hydroxylation sites is 1. The van der Waals surface area contributed by atoms with Gasteiger partial charge in [0.1, 0.15) is 12.4 Å². The van der Waals surface area contributed by atoms with Crippen molar-refractivity contribution < 1.29 is 17.6 Å². The number of nitrogens with zero attached hydrogens (tertiary/aromatic N) is 3. The van der Waals surface area contributed by atoms with E-state index < -0.39 is 15.8 Å². The van der Waals surface area contributed by atoms with Crippen LogP contribution in [0.3, 0.4) is 0 Å². The van der Waals surface area contributed by atoms with Crippen LogP contribution in [-0.4, -0.2) is 51.9 Å². The van der Waals surface area contributed by atoms with Crippen LogP contribution in [0.4, 0.5) is 15.8 Å². The summed E-state index contributed by atoms with van der Waals surface area (Å²) < 4.78 is 41.8. The van der Waals surface area contributed by atoms with E-state index in [-0.39, 0.29) is 17.3 Å². The predicted octanol–water partition coefficient (Wildman–Crippen LogP) is 3.35. The van der Waals surface area contributed by atoms with Crippen LogP contribution in [-0.2, 0) is 14.8 Å². The highest BCUT2D eigenvalue weighted by Crippen LogP contribution is 2.43. The van der Waals surface area contributed by atoms with Crippen LogP contribution in [0.5, 0.6) is 0 Å². The molecule has 0 aromatic heterocycles. The van der Waals surface area contributed by atoms with Crippen LogP contribution in [0.1, 0.15) is 0 Å². The van der Waals surface area contributed by atoms with E-state index in [1.807, 2.05) is 30.3 Å². The molecule has 0 atom stereocenters. The van der Waals surface area contributed by atoms with Gasteiger partial charge >= 0.3 is 0 Å². The largest absolute Gasteiger partial charge is 0.368 e. The molecule has 32 heavy (non-hydrogen) atoms. The average molecular weight is 452 g/mol. The third-order valence-electron chi connectivity index (χ3n) is 6.01. The molecular formula is C24H22FN3O3S. The van der Waals surface area contributed by atoms with Crippen LogP contribution in [0.2, 0.25) is 0 Å². The van der Waals surface area contributed by atoms with Gasteiger partial charge in [-0.25, -0.2) is 12.8 Å². The van der Waals surface area contributed by atoms with E-state index in [0.717, 1.165) is 9.99 Å². The predicted molar refractivity (Wildman–Crippen MR) is 122 cm³/mol. The first kappa shape index (κ1) is 20.5. The van der Waals surface area contributed by atoms with Gasteiger partial charge in [-0.2, -0.15) is 0 Å². The van der Waals surface area contributed by atoms with E-state index >= 15 is 0 Å². The fourth-order valence-electron chi connectivity index (χ4n) is 4.35. The number of piperazine rings is 1. The molecule has 3 aromatic carbocycles. The molecule has 1 fully saturated rings. The van der Waals surface area contributed by atoms with Gasteiger partial charge < -0.3 is 9.80 Å². The summed E-state index contributed by atoms with van der Waals surface area (Å²) in [5, 5.41) is 0. The Hall–Kier alpha value is -3.39. The lowest BCUT2D eigenvalue weighted by molar-refractivity contribution is -0.129. The Labute approximate surface area is 186 Å². The van der Waals surface area contributed by atoms with Gasteiger partial charge in [-0.3, -0.25) is 9.10 Å². The number of fused-ring (bicyclic) bond motifs is 3. The molecule has 0 radical (unpaired) electrons. The molecule has 2 heterocycles. The van der Waals surface area contributed by atoms with Crippen LogP contribution < -0.4 is 9.21 Å². The van der Waals surface area contributed by atoms with E-state index in [0.29, 0.717) is 43.0 Å². The van der Waals surface area contributed by atoms with Gasteiger partial charge in [-0.05, 0) is 36.4 Å². The molecule has 164 valence electrons. The molecule has 0 aliphatic carbocycles. The van der Waals surface area contributed by atoms with Crippen molar-refractivity contribution in [2.75, 3.05) is 41.9 Å². The fourth-order valence-corrected chi connectivity index (χ4v) is 5.99. The molecule has 3 aromatic rings. The Kier molecular flexibility index (Phi) is 5.09. The van der Waals surface area contributed by atoms with E-state index in [2.05, 4.69) is 4.90 Å². The third kappa shape index (κ3) is 3.50. The standard InChI is InChI=1S/C24H22FN3O3S/c25-18-10-11-22-21(16-18)20-8-4-5-9-23(20)32(30,31)28(22)17-24(29)27-14-12-26(13-15-27)19-6-2-1-3-7-19/h1-11,16H,12-15,17H2. The summed E-state index contributed by atoms with van der Waals surface area (Å²) in [5.74, 6) is -0.725. The zero-order valence-corrected chi connectivity index (χ0v) is 18.1. The molecule has 5 rings (SSSR count). The Balaban J connectivity index is 1.39. The zero-order chi connectivity index (χ0) is 22.3. The Morgan fingerprint density at radius 1 is 0.844 bits per heavy atom. The maximum absolute atomic E-state index is 14.0. The maximum Gasteiger partial charge on any atom is 0.265 e. The first-order valence-corrected chi connectivity index (χ1v) is 11.9. The van der Waals surface area contributed by atoms with Crippen molar-refractivity contribution in [1.82, 2.24) is 4.90 Å². The van der Waals surface area contributed by atoms with Crippen molar-refractivity contribution in [3.8, 4) is 11.1 Å². The molecule has 8 heteroatoms. The molecular weight excluding hydrogens is 429 g/mol. The number of hydrogen-bond donors (Lipinski definition) is 0. The van der Waals surface area contributed by atoms with Crippen LogP contribution in [0.15, 0.2) is 77.7 Å². The molecule has 6 nitrogen and oxygen atoms in total. The molecule has 2 aliphatic heterocycles. The van der Waals surface area contributed by atoms with E-state index in [9.17, 15) is 17.6 Å². The number of sulfonamides is 1. The summed E-state index contributed by atoms with van der Waals surface area (Å²) in [4.78, 5) is 17.1. The lowest BCUT2D eigenvalue weighted by Gasteiger charge is -2.38. The van der Waals surface area contributed by atoms with Gasteiger partial charge in [0.15, 0.2) is 0 Å². The fraction of sp³-hybridized carbons (Fsp3) is 0.208. The van der Waals surface area contributed by atoms with Crippen molar-refractivity contribution in [1.29, 1.82) is 0 Å². The van der Waals surface area contributed by atoms with Crippen molar-refractivity contribution in [2.24, 2.45) is 0 Å². The monoisotopic (exact) mass is 451 g/mol. The van der Waals surface area contributed by atoms with E-state index in [1.165, 1.54) is 24.3 Å². The SMILES string of the molecule is O=C(CN1c2ccc(F)cc2-c2ccccc2S1(=O)=O)N1CCN(c2ccccc2)CC1. The number of amides is 1. The smallest absolute Gasteiger partial charge is 0.265 e. The number of rotatable bonds is 3. The number of hydrogen-bond acceptors (Lipinski definition) is 4. The average Bonchev–Trinajstić information content (AvgIpc) is 2.82. The number of carbonyl (C=O) groups is 1. The molecule has 0 unspecified atom stereocenters. The second kappa shape index (κ2) is 7.94. The first-order chi connectivity index (χ1) is 15.4. The minimum atomic E-state index is -3.94. The van der Waals surface area contributed by atoms with Crippen molar-refractivity contribution >= 4 is 27.3 Å². The summed E-state index contributed by atoms with van der Waals surface area (Å²) in [6.07, 6.45) is 0. The second-order valence-electron chi connectivity index (χ2n) is 7.87. The highest BCUT2D eigenvalue weighted by Gasteiger charge is 2.37. The number of halogens is 1. The van der Waals surface area contributed by atoms with Gasteiger partial charge in [0, 0.05) is 43.0 Å². The summed E-state index contributed by atoms with van der Waals surface area (Å²) in [7, 11) is -3.94. The van der Waals surface area contributed by atoms with Gasteiger partial charge in [0.05, 0.1) is 10.6 Å². The summed E-state index contributed by atoms with van der Waals surface area (Å²) in [6.45, 7) is 2.05. The van der Waals surface area contributed by atoms with Gasteiger partial charge in [0.25, 0.3) is 10.0 Å². The van der Waals surface area contributed by atoms with Gasteiger partial charge in [-0.1, -0.05) is 36.4 Å². The van der Waals surface area contributed by atoms with Crippen LogP contribution in [0.25, 0.3) is 11.1 Å². The van der Waals surface area contributed by atoms with Crippen molar-refractivity contribution in [3.63, 3.8) is 0 Å². The molecule has 0 bridgehead atoms. The topological polar surface area (TPSA) is 60.9 Å². The number of carbonyl (C=O) groups excluding carboxylic acids is 1. The Morgan fingerprint density at radius 2 is 1.53 bits per heavy atom. The first-order valence-electron chi connectivity index (χ1n) is 10.4. The Bertz CT molecular complexity index is 1270. The van der Waals surface area contributed by atoms with Gasteiger partial charge in [0.2, 0.25) is 5.91 Å². The molecule has 2 aliphatic rings. The summed E-state index contributed by atoms with van der Waals surface area (Å²) in [5.41, 5.74) is 2.34.